The molecule has 17 heavy (non-hydrogen) atoms. The third kappa shape index (κ3) is 3.21. The Morgan fingerprint density at radius 2 is 2.35 bits per heavy atom. The van der Waals surface area contributed by atoms with E-state index in [1.165, 1.54) is 5.56 Å². The number of benzene rings is 1. The fourth-order valence-corrected chi connectivity index (χ4v) is 2.75. The minimum absolute atomic E-state index is 0.602. The van der Waals surface area contributed by atoms with Crippen molar-refractivity contribution < 1.29 is 4.74 Å². The van der Waals surface area contributed by atoms with E-state index in [9.17, 15) is 0 Å². The summed E-state index contributed by atoms with van der Waals surface area (Å²) in [6.07, 6.45) is 0. The lowest BCUT2D eigenvalue weighted by atomic mass is 10.1. The molecule has 2 rings (SSSR count). The number of halogens is 1. The van der Waals surface area contributed by atoms with Crippen LogP contribution in [-0.2, 0) is 6.54 Å². The fourth-order valence-electron chi connectivity index (χ4n) is 2.16. The van der Waals surface area contributed by atoms with Gasteiger partial charge in [0.25, 0.3) is 0 Å². The molecule has 3 nitrogen and oxygen atoms in total. The van der Waals surface area contributed by atoms with Gasteiger partial charge in [-0.1, -0.05) is 6.07 Å². The molecule has 1 saturated heterocycles. The molecule has 1 N–H and O–H groups in total. The normalized spacial score (nSPS) is 21.5. The predicted molar refractivity (Wildman–Crippen MR) is 73.4 cm³/mol. The molecular weight excluding hydrogens is 280 g/mol. The van der Waals surface area contributed by atoms with Crippen LogP contribution in [0.3, 0.4) is 0 Å². The molecule has 1 atom stereocenters. The molecule has 0 amide bonds. The van der Waals surface area contributed by atoms with Crippen LogP contribution in [0.25, 0.3) is 0 Å². The smallest absolute Gasteiger partial charge is 0.133 e. The topological polar surface area (TPSA) is 24.5 Å². The van der Waals surface area contributed by atoms with Crippen molar-refractivity contribution in [2.75, 3.05) is 26.7 Å². The first kappa shape index (κ1) is 12.9. The molecular formula is C13H19BrN2O. The van der Waals surface area contributed by atoms with Gasteiger partial charge in [-0.05, 0) is 40.5 Å². The maximum Gasteiger partial charge on any atom is 0.133 e. The molecule has 4 heteroatoms. The van der Waals surface area contributed by atoms with Crippen molar-refractivity contribution in [1.82, 2.24) is 10.2 Å². The minimum Gasteiger partial charge on any atom is -0.496 e. The number of rotatable bonds is 3. The zero-order chi connectivity index (χ0) is 12.3. The predicted octanol–water partition coefficient (Wildman–Crippen LogP) is 2.25. The van der Waals surface area contributed by atoms with Crippen molar-refractivity contribution in [1.29, 1.82) is 0 Å². The summed E-state index contributed by atoms with van der Waals surface area (Å²) in [5.74, 6) is 0.891. The summed E-state index contributed by atoms with van der Waals surface area (Å²) >= 11 is 3.53. The van der Waals surface area contributed by atoms with E-state index in [0.29, 0.717) is 6.04 Å². The van der Waals surface area contributed by atoms with Crippen molar-refractivity contribution >= 4 is 15.9 Å². The molecule has 0 unspecified atom stereocenters. The lowest BCUT2D eigenvalue weighted by molar-refractivity contribution is 0.165. The highest BCUT2D eigenvalue weighted by Gasteiger charge is 2.17. The van der Waals surface area contributed by atoms with Gasteiger partial charge in [0.2, 0.25) is 0 Å². The average Bonchev–Trinajstić information content (AvgIpc) is 2.32. The van der Waals surface area contributed by atoms with Crippen LogP contribution in [-0.4, -0.2) is 37.7 Å². The summed E-state index contributed by atoms with van der Waals surface area (Å²) in [7, 11) is 1.69. The molecule has 0 saturated carbocycles. The molecule has 1 aromatic rings. The fraction of sp³-hybridized carbons (Fsp3) is 0.538. The van der Waals surface area contributed by atoms with Gasteiger partial charge >= 0.3 is 0 Å². The Bertz CT molecular complexity index is 384. The second-order valence-corrected chi connectivity index (χ2v) is 5.35. The second-order valence-electron chi connectivity index (χ2n) is 4.49. The number of hydrogen-bond donors (Lipinski definition) is 1. The van der Waals surface area contributed by atoms with Crippen LogP contribution in [0.2, 0.25) is 0 Å². The van der Waals surface area contributed by atoms with Crippen molar-refractivity contribution in [2.24, 2.45) is 0 Å². The van der Waals surface area contributed by atoms with Gasteiger partial charge in [0.1, 0.15) is 5.75 Å². The van der Waals surface area contributed by atoms with Gasteiger partial charge in [0, 0.05) is 32.2 Å². The average molecular weight is 299 g/mol. The Balaban J connectivity index is 2.05. The number of hydrogen-bond acceptors (Lipinski definition) is 3. The molecule has 0 spiro atoms. The number of nitrogens with one attached hydrogen (secondary N) is 1. The Hall–Kier alpha value is -0.580. The molecule has 0 bridgehead atoms. The van der Waals surface area contributed by atoms with Crippen molar-refractivity contribution in [2.45, 2.75) is 19.5 Å². The van der Waals surface area contributed by atoms with Crippen LogP contribution >= 0.6 is 15.9 Å². The molecule has 1 heterocycles. The van der Waals surface area contributed by atoms with Crippen LogP contribution in [0.4, 0.5) is 0 Å². The summed E-state index contributed by atoms with van der Waals surface area (Å²) in [4.78, 5) is 2.50. The van der Waals surface area contributed by atoms with E-state index in [2.05, 4.69) is 45.2 Å². The molecule has 0 aliphatic carbocycles. The summed E-state index contributed by atoms with van der Waals surface area (Å²) in [5.41, 5.74) is 1.33. The number of methoxy groups -OCH3 is 1. The van der Waals surface area contributed by atoms with Crippen LogP contribution in [0.5, 0.6) is 5.75 Å². The van der Waals surface area contributed by atoms with Gasteiger partial charge in [-0.15, -0.1) is 0 Å². The number of ether oxygens (including phenoxy) is 1. The van der Waals surface area contributed by atoms with E-state index >= 15 is 0 Å². The van der Waals surface area contributed by atoms with E-state index < -0.39 is 0 Å². The second kappa shape index (κ2) is 5.85. The minimum atomic E-state index is 0.602. The molecule has 1 aromatic carbocycles. The van der Waals surface area contributed by atoms with Crippen LogP contribution in [0.15, 0.2) is 22.7 Å². The van der Waals surface area contributed by atoms with Crippen molar-refractivity contribution in [3.63, 3.8) is 0 Å². The first-order valence-electron chi connectivity index (χ1n) is 5.98. The van der Waals surface area contributed by atoms with Gasteiger partial charge < -0.3 is 10.1 Å². The highest BCUT2D eigenvalue weighted by atomic mass is 79.9. The highest BCUT2D eigenvalue weighted by molar-refractivity contribution is 9.10. The van der Waals surface area contributed by atoms with E-state index in [1.807, 2.05) is 6.07 Å². The molecule has 1 aliphatic heterocycles. The maximum absolute atomic E-state index is 5.24. The van der Waals surface area contributed by atoms with Crippen molar-refractivity contribution in [3.8, 4) is 5.75 Å². The molecule has 1 aliphatic rings. The van der Waals surface area contributed by atoms with Gasteiger partial charge in [-0.2, -0.15) is 0 Å². The van der Waals surface area contributed by atoms with Gasteiger partial charge in [-0.3, -0.25) is 4.90 Å². The molecule has 0 aromatic heterocycles. The first-order valence-corrected chi connectivity index (χ1v) is 6.77. The summed E-state index contributed by atoms with van der Waals surface area (Å²) < 4.78 is 6.27. The Morgan fingerprint density at radius 1 is 1.53 bits per heavy atom. The zero-order valence-electron chi connectivity index (χ0n) is 10.4. The summed E-state index contributed by atoms with van der Waals surface area (Å²) in [6.45, 7) is 6.56. The van der Waals surface area contributed by atoms with E-state index in [4.69, 9.17) is 4.74 Å². The van der Waals surface area contributed by atoms with E-state index in [-0.39, 0.29) is 0 Å². The van der Waals surface area contributed by atoms with Crippen LogP contribution in [0.1, 0.15) is 12.5 Å². The monoisotopic (exact) mass is 298 g/mol. The quantitative estimate of drug-likeness (QED) is 0.926. The summed E-state index contributed by atoms with van der Waals surface area (Å²) in [6, 6.07) is 6.91. The SMILES string of the molecule is COc1ccc(CN2CCNC[C@@H]2C)cc1Br. The summed E-state index contributed by atoms with van der Waals surface area (Å²) in [5, 5.41) is 3.41. The third-order valence-corrected chi connectivity index (χ3v) is 3.86. The van der Waals surface area contributed by atoms with Gasteiger partial charge in [0.05, 0.1) is 11.6 Å². The highest BCUT2D eigenvalue weighted by Crippen LogP contribution is 2.26. The Labute approximate surface area is 111 Å². The van der Waals surface area contributed by atoms with Crippen LogP contribution < -0.4 is 10.1 Å². The first-order chi connectivity index (χ1) is 8.20. The third-order valence-electron chi connectivity index (χ3n) is 3.24. The number of piperazine rings is 1. The van der Waals surface area contributed by atoms with Crippen molar-refractivity contribution in [3.05, 3.63) is 28.2 Å². The van der Waals surface area contributed by atoms with Crippen LogP contribution in [0, 0.1) is 0 Å². The number of nitrogens with zero attached hydrogens (tertiary/aromatic N) is 1. The molecule has 1 fully saturated rings. The van der Waals surface area contributed by atoms with E-state index in [1.54, 1.807) is 7.11 Å². The largest absolute Gasteiger partial charge is 0.496 e. The van der Waals surface area contributed by atoms with Gasteiger partial charge in [0.15, 0.2) is 0 Å². The van der Waals surface area contributed by atoms with Gasteiger partial charge in [-0.25, -0.2) is 0 Å². The lowest BCUT2D eigenvalue weighted by Crippen LogP contribution is -2.49. The zero-order valence-corrected chi connectivity index (χ0v) is 12.0. The van der Waals surface area contributed by atoms with E-state index in [0.717, 1.165) is 36.4 Å². The lowest BCUT2D eigenvalue weighted by Gasteiger charge is -2.33. The molecule has 0 radical (unpaired) electrons. The Kier molecular flexibility index (Phi) is 4.42. The standard InChI is InChI=1S/C13H19BrN2O/c1-10-8-15-5-6-16(10)9-11-3-4-13(17-2)12(14)7-11/h3-4,7,10,15H,5-6,8-9H2,1-2H3/t10-/m0/s1. The maximum atomic E-state index is 5.24. The Morgan fingerprint density at radius 3 is 3.00 bits per heavy atom. The molecule has 94 valence electrons.